The molecule has 1 amide bonds. The van der Waals surface area contributed by atoms with Gasteiger partial charge in [-0.2, -0.15) is 0 Å². The summed E-state index contributed by atoms with van der Waals surface area (Å²) < 4.78 is 10.5. The van der Waals surface area contributed by atoms with Crippen LogP contribution in [0.5, 0.6) is 5.75 Å². The van der Waals surface area contributed by atoms with Gasteiger partial charge in [-0.3, -0.25) is 4.79 Å². The van der Waals surface area contributed by atoms with Gasteiger partial charge in [-0.15, -0.1) is 0 Å². The lowest BCUT2D eigenvalue weighted by Crippen LogP contribution is -2.30. The van der Waals surface area contributed by atoms with Gasteiger partial charge < -0.3 is 14.2 Å². The fraction of sp³-hybridized carbons (Fsp3) is 0.444. The summed E-state index contributed by atoms with van der Waals surface area (Å²) in [7, 11) is 3.47. The van der Waals surface area contributed by atoms with Gasteiger partial charge in [0.15, 0.2) is 0 Å². The van der Waals surface area contributed by atoms with E-state index in [0.29, 0.717) is 12.8 Å². The van der Waals surface area contributed by atoms with Crippen molar-refractivity contribution >= 4 is 5.91 Å². The van der Waals surface area contributed by atoms with Crippen LogP contribution in [0.15, 0.2) is 28.8 Å². The molecular formula is C18H24N2O3. The Morgan fingerprint density at radius 2 is 2.04 bits per heavy atom. The molecule has 5 heteroatoms. The van der Waals surface area contributed by atoms with Gasteiger partial charge in [-0.1, -0.05) is 23.4 Å². The highest BCUT2D eigenvalue weighted by Gasteiger charge is 2.21. The van der Waals surface area contributed by atoms with E-state index in [4.69, 9.17) is 9.26 Å². The van der Waals surface area contributed by atoms with Crippen LogP contribution < -0.4 is 4.74 Å². The number of ether oxygens (including phenoxy) is 1. The molecule has 0 aliphatic rings. The maximum atomic E-state index is 12.5. The smallest absolute Gasteiger partial charge is 0.223 e. The maximum absolute atomic E-state index is 12.5. The molecule has 0 fully saturated rings. The highest BCUT2D eigenvalue weighted by molar-refractivity contribution is 5.76. The lowest BCUT2D eigenvalue weighted by atomic mass is 10.0. The Hall–Kier alpha value is -2.30. The highest BCUT2D eigenvalue weighted by atomic mass is 16.5. The molecule has 1 aromatic carbocycles. The molecule has 0 radical (unpaired) electrons. The molecule has 2 rings (SSSR count). The van der Waals surface area contributed by atoms with Crippen molar-refractivity contribution in [2.45, 2.75) is 39.7 Å². The summed E-state index contributed by atoms with van der Waals surface area (Å²) in [5.41, 5.74) is 2.88. The molecule has 2 aromatic rings. The zero-order valence-corrected chi connectivity index (χ0v) is 14.4. The third-order valence-corrected chi connectivity index (χ3v) is 4.33. The maximum Gasteiger partial charge on any atom is 0.223 e. The molecule has 0 saturated carbocycles. The topological polar surface area (TPSA) is 55.6 Å². The van der Waals surface area contributed by atoms with Gasteiger partial charge in [-0.05, 0) is 33.3 Å². The molecule has 0 saturated heterocycles. The average Bonchev–Trinajstić information content (AvgIpc) is 2.89. The van der Waals surface area contributed by atoms with Crippen molar-refractivity contribution in [2.24, 2.45) is 0 Å². The SMILES string of the molecule is COc1ccccc1C(C)N(C)C(=O)CCc1c(C)noc1C. The lowest BCUT2D eigenvalue weighted by Gasteiger charge is -2.26. The van der Waals surface area contributed by atoms with Crippen LogP contribution in [0.4, 0.5) is 0 Å². The largest absolute Gasteiger partial charge is 0.496 e. The van der Waals surface area contributed by atoms with E-state index < -0.39 is 0 Å². The number of carbonyl (C=O) groups is 1. The van der Waals surface area contributed by atoms with E-state index in [-0.39, 0.29) is 11.9 Å². The van der Waals surface area contributed by atoms with Crippen molar-refractivity contribution in [3.8, 4) is 5.75 Å². The van der Waals surface area contributed by atoms with Crippen LogP contribution in [0.2, 0.25) is 0 Å². The first-order chi connectivity index (χ1) is 11.0. The number of methoxy groups -OCH3 is 1. The fourth-order valence-electron chi connectivity index (χ4n) is 2.70. The van der Waals surface area contributed by atoms with Crippen LogP contribution in [0.25, 0.3) is 0 Å². The summed E-state index contributed by atoms with van der Waals surface area (Å²) in [5, 5.41) is 3.93. The molecule has 124 valence electrons. The van der Waals surface area contributed by atoms with Gasteiger partial charge in [0.1, 0.15) is 11.5 Å². The van der Waals surface area contributed by atoms with Crippen LogP contribution in [0.3, 0.4) is 0 Å². The van der Waals surface area contributed by atoms with E-state index in [9.17, 15) is 4.79 Å². The first kappa shape index (κ1) is 17.1. The van der Waals surface area contributed by atoms with E-state index in [1.165, 1.54) is 0 Å². The Kier molecular flexibility index (Phi) is 5.42. The van der Waals surface area contributed by atoms with Crippen LogP contribution in [0.1, 0.15) is 42.0 Å². The van der Waals surface area contributed by atoms with Crippen molar-refractivity contribution in [2.75, 3.05) is 14.2 Å². The van der Waals surface area contributed by atoms with Gasteiger partial charge in [0, 0.05) is 24.6 Å². The normalized spacial score (nSPS) is 12.0. The molecule has 5 nitrogen and oxygen atoms in total. The number of hydrogen-bond donors (Lipinski definition) is 0. The zero-order valence-electron chi connectivity index (χ0n) is 14.4. The number of benzene rings is 1. The molecule has 1 heterocycles. The third-order valence-electron chi connectivity index (χ3n) is 4.33. The molecule has 1 unspecified atom stereocenters. The van der Waals surface area contributed by atoms with Gasteiger partial charge in [0.2, 0.25) is 5.91 Å². The van der Waals surface area contributed by atoms with E-state index in [1.807, 2.05) is 52.1 Å². The second-order valence-corrected chi connectivity index (χ2v) is 5.73. The van der Waals surface area contributed by atoms with Gasteiger partial charge in [0.25, 0.3) is 0 Å². The van der Waals surface area contributed by atoms with Crippen LogP contribution in [-0.4, -0.2) is 30.1 Å². The van der Waals surface area contributed by atoms with Crippen LogP contribution in [0, 0.1) is 13.8 Å². The van der Waals surface area contributed by atoms with Crippen LogP contribution >= 0.6 is 0 Å². The quantitative estimate of drug-likeness (QED) is 0.819. The number of aryl methyl sites for hydroxylation is 2. The predicted octanol–water partition coefficient (Wildman–Crippen LogP) is 3.45. The van der Waals surface area contributed by atoms with Crippen molar-refractivity contribution in [3.05, 3.63) is 46.8 Å². The summed E-state index contributed by atoms with van der Waals surface area (Å²) in [5.74, 6) is 1.67. The zero-order chi connectivity index (χ0) is 17.0. The minimum Gasteiger partial charge on any atom is -0.496 e. The number of hydrogen-bond acceptors (Lipinski definition) is 4. The second kappa shape index (κ2) is 7.31. The van der Waals surface area contributed by atoms with Gasteiger partial charge in [-0.25, -0.2) is 0 Å². The molecule has 1 atom stereocenters. The summed E-state index contributed by atoms with van der Waals surface area (Å²) in [6.45, 7) is 5.78. The summed E-state index contributed by atoms with van der Waals surface area (Å²) in [4.78, 5) is 14.3. The first-order valence-electron chi connectivity index (χ1n) is 7.76. The molecule has 0 aliphatic carbocycles. The van der Waals surface area contributed by atoms with E-state index >= 15 is 0 Å². The number of para-hydroxylation sites is 1. The minimum absolute atomic E-state index is 0.0525. The Labute approximate surface area is 137 Å². The molecule has 0 aliphatic heterocycles. The Balaban J connectivity index is 2.04. The molecule has 0 N–H and O–H groups in total. The Bertz CT molecular complexity index is 659. The van der Waals surface area contributed by atoms with Crippen molar-refractivity contribution < 1.29 is 14.1 Å². The molecular weight excluding hydrogens is 292 g/mol. The number of rotatable bonds is 6. The van der Waals surface area contributed by atoms with E-state index in [1.54, 1.807) is 12.0 Å². The fourth-order valence-corrected chi connectivity index (χ4v) is 2.70. The third kappa shape index (κ3) is 3.73. The monoisotopic (exact) mass is 316 g/mol. The van der Waals surface area contributed by atoms with Crippen molar-refractivity contribution in [3.63, 3.8) is 0 Å². The molecule has 0 bridgehead atoms. The molecule has 23 heavy (non-hydrogen) atoms. The van der Waals surface area contributed by atoms with Crippen LogP contribution in [-0.2, 0) is 11.2 Å². The number of carbonyl (C=O) groups excluding carboxylic acids is 1. The van der Waals surface area contributed by atoms with Crippen molar-refractivity contribution in [1.82, 2.24) is 10.1 Å². The predicted molar refractivity (Wildman–Crippen MR) is 88.5 cm³/mol. The highest BCUT2D eigenvalue weighted by Crippen LogP contribution is 2.28. The van der Waals surface area contributed by atoms with Crippen molar-refractivity contribution in [1.29, 1.82) is 0 Å². The van der Waals surface area contributed by atoms with E-state index in [2.05, 4.69) is 5.16 Å². The number of nitrogens with zero attached hydrogens (tertiary/aromatic N) is 2. The summed E-state index contributed by atoms with van der Waals surface area (Å²) in [6, 6.07) is 7.73. The average molecular weight is 316 g/mol. The summed E-state index contributed by atoms with van der Waals surface area (Å²) in [6.07, 6.45) is 1.07. The Morgan fingerprint density at radius 3 is 2.65 bits per heavy atom. The number of amides is 1. The van der Waals surface area contributed by atoms with Gasteiger partial charge in [0.05, 0.1) is 18.8 Å². The lowest BCUT2D eigenvalue weighted by molar-refractivity contribution is -0.131. The standard InChI is InChI=1S/C18H24N2O3/c1-12-15(14(3)23-19-12)10-11-18(21)20(4)13(2)16-8-6-7-9-17(16)22-5/h6-9,13H,10-11H2,1-5H3. The summed E-state index contributed by atoms with van der Waals surface area (Å²) >= 11 is 0. The number of aromatic nitrogens is 1. The Morgan fingerprint density at radius 1 is 1.35 bits per heavy atom. The van der Waals surface area contributed by atoms with E-state index in [0.717, 1.165) is 28.3 Å². The molecule has 1 aromatic heterocycles. The van der Waals surface area contributed by atoms with Gasteiger partial charge >= 0.3 is 0 Å². The molecule has 0 spiro atoms. The first-order valence-corrected chi connectivity index (χ1v) is 7.76. The second-order valence-electron chi connectivity index (χ2n) is 5.73. The minimum atomic E-state index is -0.0525.